The van der Waals surface area contributed by atoms with Crippen molar-refractivity contribution < 1.29 is 19.3 Å². The molecular weight excluding hydrogens is 423 g/mol. The number of hydrogen-bond donors (Lipinski definition) is 3. The van der Waals surface area contributed by atoms with Crippen molar-refractivity contribution in [2.75, 3.05) is 31.3 Å². The van der Waals surface area contributed by atoms with E-state index in [4.69, 9.17) is 14.5 Å². The molecule has 0 unspecified atom stereocenters. The summed E-state index contributed by atoms with van der Waals surface area (Å²) in [7, 11) is -0.409. The number of carbonyl (C=O) groups excluding carboxylic acids is 1. The molecule has 0 bridgehead atoms. The highest BCUT2D eigenvalue weighted by molar-refractivity contribution is 7.45. The predicted molar refractivity (Wildman–Crippen MR) is 114 cm³/mol. The van der Waals surface area contributed by atoms with Crippen molar-refractivity contribution in [1.29, 1.82) is 0 Å². The van der Waals surface area contributed by atoms with Crippen molar-refractivity contribution in [3.63, 3.8) is 0 Å². The Morgan fingerprint density at radius 2 is 2.13 bits per heavy atom. The first-order valence-electron chi connectivity index (χ1n) is 9.89. The van der Waals surface area contributed by atoms with Crippen LogP contribution in [0.3, 0.4) is 0 Å². The van der Waals surface area contributed by atoms with E-state index in [1.807, 2.05) is 0 Å². The van der Waals surface area contributed by atoms with Crippen LogP contribution < -0.4 is 15.2 Å². The minimum absolute atomic E-state index is 0.138. The van der Waals surface area contributed by atoms with Crippen molar-refractivity contribution in [1.82, 2.24) is 25.0 Å². The lowest BCUT2D eigenvalue weighted by Crippen LogP contribution is -2.35. The molecule has 1 fully saturated rings. The summed E-state index contributed by atoms with van der Waals surface area (Å²) in [5.41, 5.74) is -0.466. The van der Waals surface area contributed by atoms with E-state index in [9.17, 15) is 9.59 Å². The molecule has 1 aliphatic rings. The van der Waals surface area contributed by atoms with Gasteiger partial charge in [-0.05, 0) is 37.3 Å². The van der Waals surface area contributed by atoms with E-state index in [0.29, 0.717) is 23.3 Å². The van der Waals surface area contributed by atoms with E-state index in [1.165, 1.54) is 25.6 Å². The number of piperidine rings is 1. The van der Waals surface area contributed by atoms with Crippen LogP contribution in [0, 0.1) is 5.92 Å². The largest absolute Gasteiger partial charge is 0.480 e. The highest BCUT2D eigenvalue weighted by Gasteiger charge is 2.24. The van der Waals surface area contributed by atoms with Gasteiger partial charge in [-0.25, -0.2) is 0 Å². The Kier molecular flexibility index (Phi) is 6.26. The molecule has 3 aromatic heterocycles. The van der Waals surface area contributed by atoms with Crippen LogP contribution in [-0.4, -0.2) is 67.0 Å². The second kappa shape index (κ2) is 9.09. The molecule has 0 atom stereocenters. The quantitative estimate of drug-likeness (QED) is 0.474. The Labute approximate surface area is 178 Å². The Balaban J connectivity index is 1.61. The minimum atomic E-state index is -1.84. The van der Waals surface area contributed by atoms with Crippen LogP contribution in [0.25, 0.3) is 10.8 Å². The van der Waals surface area contributed by atoms with Crippen molar-refractivity contribution in [3.05, 3.63) is 40.6 Å². The summed E-state index contributed by atoms with van der Waals surface area (Å²) >= 11 is 0. The standard InChI is InChI=1S/C19H23N6O5P/c1-30-17-16-13(11-21-25(19(16)27)18(26)14-2-6-20-23-14)10-15(22-17)24-7-3-12(4-8-24)5-9-31(28)29/h2,6,10-12,28-29H,3-5,7-9H2,1H3,(H,20,23). The molecule has 0 aliphatic carbocycles. The first kappa shape index (κ1) is 21.4. The fourth-order valence-corrected chi connectivity index (χ4v) is 4.41. The number of hydrogen-bond acceptors (Lipinski definition) is 9. The number of H-pyrrole nitrogens is 1. The lowest BCUT2D eigenvalue weighted by atomic mass is 9.94. The second-order valence-electron chi connectivity index (χ2n) is 7.41. The van der Waals surface area contributed by atoms with Crippen LogP contribution in [0.15, 0.2) is 29.3 Å². The summed E-state index contributed by atoms with van der Waals surface area (Å²) in [4.78, 5) is 50.4. The summed E-state index contributed by atoms with van der Waals surface area (Å²) < 4.78 is 6.15. The molecular formula is C19H23N6O5P. The molecule has 1 saturated heterocycles. The molecule has 3 N–H and O–H groups in total. The van der Waals surface area contributed by atoms with Gasteiger partial charge in [0.05, 0.1) is 13.3 Å². The zero-order valence-electron chi connectivity index (χ0n) is 16.9. The number of pyridine rings is 1. The summed E-state index contributed by atoms with van der Waals surface area (Å²) in [5.74, 6) is 0.643. The van der Waals surface area contributed by atoms with Gasteiger partial charge >= 0.3 is 0 Å². The minimum Gasteiger partial charge on any atom is -0.480 e. The Morgan fingerprint density at radius 1 is 1.35 bits per heavy atom. The van der Waals surface area contributed by atoms with Gasteiger partial charge in [-0.2, -0.15) is 19.9 Å². The van der Waals surface area contributed by atoms with E-state index < -0.39 is 19.8 Å². The smallest absolute Gasteiger partial charge is 0.299 e. The van der Waals surface area contributed by atoms with E-state index >= 15 is 0 Å². The van der Waals surface area contributed by atoms with Crippen LogP contribution in [0.4, 0.5) is 5.82 Å². The Hall–Kier alpha value is -2.88. The number of nitrogens with zero attached hydrogens (tertiary/aromatic N) is 5. The average molecular weight is 446 g/mol. The summed E-state index contributed by atoms with van der Waals surface area (Å²) in [6, 6.07) is 3.24. The lowest BCUT2D eigenvalue weighted by molar-refractivity contribution is 0.0934. The van der Waals surface area contributed by atoms with Crippen molar-refractivity contribution >= 4 is 30.9 Å². The average Bonchev–Trinajstić information content (AvgIpc) is 3.32. The normalized spacial score (nSPS) is 15.0. The predicted octanol–water partition coefficient (Wildman–Crippen LogP) is 1.11. The van der Waals surface area contributed by atoms with Gasteiger partial charge in [0, 0.05) is 30.8 Å². The van der Waals surface area contributed by atoms with Gasteiger partial charge < -0.3 is 19.4 Å². The number of carbonyl (C=O) groups is 1. The Morgan fingerprint density at radius 3 is 2.77 bits per heavy atom. The van der Waals surface area contributed by atoms with Crippen molar-refractivity contribution in [2.45, 2.75) is 19.3 Å². The fraction of sp³-hybridized carbons (Fsp3) is 0.421. The number of nitrogens with one attached hydrogen (secondary N) is 1. The first-order valence-corrected chi connectivity index (χ1v) is 11.3. The second-order valence-corrected chi connectivity index (χ2v) is 8.60. The van der Waals surface area contributed by atoms with Crippen LogP contribution >= 0.6 is 8.38 Å². The van der Waals surface area contributed by atoms with Gasteiger partial charge in [0.15, 0.2) is 8.38 Å². The molecule has 0 amide bonds. The highest BCUT2D eigenvalue weighted by atomic mass is 31.2. The summed E-state index contributed by atoms with van der Waals surface area (Å²) in [5, 5.41) is 11.0. The molecule has 164 valence electrons. The maximum absolute atomic E-state index is 13.0. The molecule has 3 aromatic rings. The zero-order valence-corrected chi connectivity index (χ0v) is 17.8. The molecule has 4 rings (SSSR count). The van der Waals surface area contributed by atoms with E-state index in [1.54, 1.807) is 6.07 Å². The molecule has 4 heterocycles. The molecule has 0 spiro atoms. The van der Waals surface area contributed by atoms with Crippen LogP contribution in [0.5, 0.6) is 5.88 Å². The van der Waals surface area contributed by atoms with E-state index in [2.05, 4.69) is 25.2 Å². The zero-order chi connectivity index (χ0) is 22.0. The molecule has 1 aliphatic heterocycles. The third kappa shape index (κ3) is 4.43. The number of fused-ring (bicyclic) bond motifs is 1. The van der Waals surface area contributed by atoms with Gasteiger partial charge in [0.2, 0.25) is 5.88 Å². The SMILES string of the molecule is COc1nc(N2CCC(CCP(O)O)CC2)cc2cnn(C(=O)c3ccn[nH]3)c(=O)c12. The molecule has 11 nitrogen and oxygen atoms in total. The van der Waals surface area contributed by atoms with E-state index in [-0.39, 0.29) is 17.0 Å². The molecule has 0 radical (unpaired) electrons. The van der Waals surface area contributed by atoms with Crippen molar-refractivity contribution in [2.24, 2.45) is 5.92 Å². The van der Waals surface area contributed by atoms with E-state index in [0.717, 1.165) is 37.0 Å². The molecule has 0 saturated carbocycles. The highest BCUT2D eigenvalue weighted by Crippen LogP contribution is 2.32. The van der Waals surface area contributed by atoms with Crippen LogP contribution in [0.1, 0.15) is 29.8 Å². The van der Waals surface area contributed by atoms with Crippen molar-refractivity contribution in [3.8, 4) is 5.88 Å². The molecule has 0 aromatic carbocycles. The van der Waals surface area contributed by atoms with Crippen LogP contribution in [-0.2, 0) is 0 Å². The summed E-state index contributed by atoms with van der Waals surface area (Å²) in [6.07, 6.45) is 5.96. The summed E-state index contributed by atoms with van der Waals surface area (Å²) in [6.45, 7) is 1.54. The number of ether oxygens (including phenoxy) is 1. The van der Waals surface area contributed by atoms with Gasteiger partial charge in [-0.3, -0.25) is 14.7 Å². The number of aromatic nitrogens is 5. The third-order valence-corrected chi connectivity index (χ3v) is 6.17. The third-order valence-electron chi connectivity index (χ3n) is 5.51. The number of rotatable bonds is 6. The van der Waals surface area contributed by atoms with Gasteiger partial charge in [0.1, 0.15) is 16.9 Å². The molecule has 31 heavy (non-hydrogen) atoms. The topological polar surface area (TPSA) is 146 Å². The van der Waals surface area contributed by atoms with Gasteiger partial charge in [0.25, 0.3) is 11.5 Å². The fourth-order valence-electron chi connectivity index (χ4n) is 3.81. The number of methoxy groups -OCH3 is 1. The lowest BCUT2D eigenvalue weighted by Gasteiger charge is -2.33. The number of aromatic amines is 1. The number of anilines is 1. The maximum Gasteiger partial charge on any atom is 0.299 e. The van der Waals surface area contributed by atoms with Crippen LogP contribution in [0.2, 0.25) is 0 Å². The Bertz CT molecular complexity index is 1120. The maximum atomic E-state index is 13.0. The monoisotopic (exact) mass is 446 g/mol. The van der Waals surface area contributed by atoms with Gasteiger partial charge in [-0.1, -0.05) is 0 Å². The van der Waals surface area contributed by atoms with Gasteiger partial charge in [-0.15, -0.1) is 0 Å². The first-order chi connectivity index (χ1) is 15.0. The molecule has 12 heteroatoms.